The molecule has 0 radical (unpaired) electrons. The normalized spacial score (nSPS) is 13.8. The van der Waals surface area contributed by atoms with Gasteiger partial charge in [-0.25, -0.2) is 5.57 Å². The fourth-order valence-corrected chi connectivity index (χ4v) is 5.63. The number of hydrogen-bond donors (Lipinski definition) is 0. The van der Waals surface area contributed by atoms with E-state index in [9.17, 15) is 0 Å². The van der Waals surface area contributed by atoms with Crippen molar-refractivity contribution in [3.63, 3.8) is 0 Å². The van der Waals surface area contributed by atoms with Crippen LogP contribution in [0, 0.1) is 35.6 Å². The molecule has 4 aromatic rings. The molecule has 0 aromatic heterocycles. The first-order valence-electron chi connectivity index (χ1n) is 17.4. The molecule has 2 aliphatic carbocycles. The van der Waals surface area contributed by atoms with Crippen molar-refractivity contribution in [1.82, 2.24) is 0 Å². The van der Waals surface area contributed by atoms with Crippen LogP contribution in [0.3, 0.4) is 0 Å². The molecule has 0 heterocycles. The Kier molecular flexibility index (Phi) is 21.5. The average Bonchev–Trinajstić information content (AvgIpc) is 3.69. The molecule has 0 saturated carbocycles. The van der Waals surface area contributed by atoms with Crippen molar-refractivity contribution >= 4 is 29.0 Å². The fourth-order valence-electron chi connectivity index (χ4n) is 5.63. The van der Waals surface area contributed by atoms with Gasteiger partial charge in [0.05, 0.1) is 0 Å². The van der Waals surface area contributed by atoms with Gasteiger partial charge in [-0.05, 0) is 17.3 Å². The van der Waals surface area contributed by atoms with E-state index in [4.69, 9.17) is 0 Å². The number of allylic oxidation sites excluding steroid dienone is 4. The first-order valence-corrected chi connectivity index (χ1v) is 19.1. The van der Waals surface area contributed by atoms with Crippen LogP contribution in [0.4, 0.5) is 0 Å². The van der Waals surface area contributed by atoms with Gasteiger partial charge in [0.15, 0.2) is 0 Å². The second-order valence-electron chi connectivity index (χ2n) is 15.3. The Morgan fingerprint density at radius 3 is 1.52 bits per heavy atom. The second-order valence-corrected chi connectivity index (χ2v) is 15.3. The van der Waals surface area contributed by atoms with Gasteiger partial charge in [0.2, 0.25) is 0 Å². The molecule has 0 N–H and O–H groups in total. The van der Waals surface area contributed by atoms with E-state index < -0.39 is 0 Å². The predicted molar refractivity (Wildman–Crippen MR) is 221 cm³/mol. The van der Waals surface area contributed by atoms with Crippen molar-refractivity contribution < 1.29 is 24.2 Å². The molecule has 0 fully saturated rings. The molecule has 0 aliphatic heterocycles. The van der Waals surface area contributed by atoms with Crippen molar-refractivity contribution in [2.45, 2.75) is 106 Å². The minimum Gasteiger partial charge on any atom is -0.179 e. The van der Waals surface area contributed by atoms with Crippen LogP contribution in [0.5, 0.6) is 0 Å². The van der Waals surface area contributed by atoms with Crippen LogP contribution in [0.2, 0.25) is 0 Å². The third-order valence-electron chi connectivity index (χ3n) is 8.44. The van der Waals surface area contributed by atoms with Gasteiger partial charge in [-0.1, -0.05) is 136 Å². The Morgan fingerprint density at radius 1 is 0.640 bits per heavy atom. The first kappa shape index (κ1) is 47.7. The zero-order valence-electron chi connectivity index (χ0n) is 32.5. The summed E-state index contributed by atoms with van der Waals surface area (Å²) in [6.07, 6.45) is 9.33. The van der Waals surface area contributed by atoms with Crippen molar-refractivity contribution in [2.24, 2.45) is 11.3 Å². The molecular formula is C47H60Cl2Zr-4. The van der Waals surface area contributed by atoms with Crippen LogP contribution in [0.25, 0.3) is 11.1 Å². The SMILES string of the molecule is CC(C)(C)c1cc[c-]cc1.CC(C)(C)c1cc[c-]cc1.CCC1=[C-]C(CC)C=C1C(C)(C)C.Cl.Cl.[CH2]=[Zr].[c-]1cccc2c1Cc1ccccc1-2. The third-order valence-corrected chi connectivity index (χ3v) is 8.44. The van der Waals surface area contributed by atoms with Crippen molar-refractivity contribution in [1.29, 1.82) is 0 Å². The van der Waals surface area contributed by atoms with Crippen LogP contribution in [-0.2, 0) is 41.5 Å². The Bertz CT molecular complexity index is 1490. The molecule has 1 atom stereocenters. The fraction of sp³-hybridized carbons (Fsp3) is 0.383. The van der Waals surface area contributed by atoms with E-state index in [2.05, 4.69) is 171 Å². The van der Waals surface area contributed by atoms with Gasteiger partial charge in [0.25, 0.3) is 0 Å². The number of rotatable bonds is 2. The number of benzene rings is 4. The van der Waals surface area contributed by atoms with Gasteiger partial charge >= 0.3 is 28.4 Å². The van der Waals surface area contributed by atoms with E-state index in [1.165, 1.54) is 75.2 Å². The third kappa shape index (κ3) is 15.1. The van der Waals surface area contributed by atoms with E-state index in [0.717, 1.165) is 12.8 Å². The van der Waals surface area contributed by atoms with Crippen molar-refractivity contribution in [3.8, 4) is 11.1 Å². The van der Waals surface area contributed by atoms with Crippen LogP contribution in [-0.4, -0.2) is 4.21 Å². The second kappa shape index (κ2) is 22.6. The summed E-state index contributed by atoms with van der Waals surface area (Å²) in [6.45, 7) is 24.6. The van der Waals surface area contributed by atoms with E-state index in [1.807, 2.05) is 30.3 Å². The molecule has 0 spiro atoms. The van der Waals surface area contributed by atoms with E-state index in [1.54, 1.807) is 0 Å². The largest absolute Gasteiger partial charge is 0.179 e. The number of halogens is 2. The summed E-state index contributed by atoms with van der Waals surface area (Å²) >= 11 is 1.30. The topological polar surface area (TPSA) is 0 Å². The van der Waals surface area contributed by atoms with E-state index in [0.29, 0.717) is 11.3 Å². The Balaban J connectivity index is 0.000000626. The molecule has 0 saturated heterocycles. The summed E-state index contributed by atoms with van der Waals surface area (Å²) in [5.74, 6) is 0.573. The molecule has 4 aromatic carbocycles. The van der Waals surface area contributed by atoms with Crippen molar-refractivity contribution in [2.75, 3.05) is 0 Å². The van der Waals surface area contributed by atoms with Crippen LogP contribution in [0.1, 0.15) is 111 Å². The first-order chi connectivity index (χ1) is 22.6. The standard InChI is InChI=1S/C13H9.C13H21.2C10H13.CH2.2ClH.Zr/c1-3-7-12-10(5-1)9-11-6-2-4-8-13(11)12;1-6-10-8-11(7-2)12(9-10)13(3,4)5;2*1-10(2,3)9-7-5-4-6-8-9;;;;/h1-5,7-8H,9H2;9-10H,6-7H2,1-5H3;2*5-8H,1-3H3;1H2;2*1H;/q4*-1;;;;. The van der Waals surface area contributed by atoms with Gasteiger partial charge in [-0.15, -0.1) is 30.4 Å². The van der Waals surface area contributed by atoms with E-state index in [-0.39, 0.29) is 35.6 Å². The molecule has 3 heteroatoms. The average molecular weight is 787 g/mol. The Hall–Kier alpha value is -2.31. The summed E-state index contributed by atoms with van der Waals surface area (Å²) in [7, 11) is 0. The predicted octanol–water partition coefficient (Wildman–Crippen LogP) is 13.6. The summed E-state index contributed by atoms with van der Waals surface area (Å²) in [4.78, 5) is 0. The summed E-state index contributed by atoms with van der Waals surface area (Å²) < 4.78 is 3.34. The summed E-state index contributed by atoms with van der Waals surface area (Å²) in [5.41, 5.74) is 12.0. The minimum atomic E-state index is 0. The zero-order valence-corrected chi connectivity index (χ0v) is 36.6. The maximum Gasteiger partial charge on any atom is -0.0253 e. The van der Waals surface area contributed by atoms with Crippen LogP contribution in [0.15, 0.2) is 108 Å². The van der Waals surface area contributed by atoms with Crippen LogP contribution < -0.4 is 0 Å². The molecule has 1 unspecified atom stereocenters. The van der Waals surface area contributed by atoms with Gasteiger partial charge < -0.3 is 0 Å². The van der Waals surface area contributed by atoms with Gasteiger partial charge in [-0.2, -0.15) is 113 Å². The molecule has 0 amide bonds. The number of fused-ring (bicyclic) bond motifs is 3. The number of hydrogen-bond acceptors (Lipinski definition) is 0. The maximum absolute atomic E-state index is 3.57. The zero-order chi connectivity index (χ0) is 36.0. The van der Waals surface area contributed by atoms with E-state index >= 15 is 0 Å². The maximum atomic E-state index is 3.57. The monoisotopic (exact) mass is 784 g/mol. The molecule has 0 nitrogen and oxygen atoms in total. The minimum absolute atomic E-state index is 0. The van der Waals surface area contributed by atoms with Gasteiger partial charge in [-0.3, -0.25) is 6.08 Å². The Morgan fingerprint density at radius 2 is 1.12 bits per heavy atom. The molecular weight excluding hydrogens is 727 g/mol. The quantitative estimate of drug-likeness (QED) is 0.156. The summed E-state index contributed by atoms with van der Waals surface area (Å²) in [6, 6.07) is 40.4. The van der Waals surface area contributed by atoms with Crippen LogP contribution >= 0.6 is 24.8 Å². The molecule has 6 rings (SSSR count). The van der Waals surface area contributed by atoms with Gasteiger partial charge in [0, 0.05) is 0 Å². The van der Waals surface area contributed by atoms with Crippen molar-refractivity contribution in [3.05, 3.63) is 155 Å². The molecule has 50 heavy (non-hydrogen) atoms. The smallest absolute Gasteiger partial charge is 0.0253 e. The molecule has 270 valence electrons. The molecule has 2 aliphatic rings. The van der Waals surface area contributed by atoms with Gasteiger partial charge in [0.1, 0.15) is 0 Å². The summed E-state index contributed by atoms with van der Waals surface area (Å²) in [5, 5.41) is 0. The Labute approximate surface area is 334 Å². The molecule has 0 bridgehead atoms.